The summed E-state index contributed by atoms with van der Waals surface area (Å²) < 4.78 is 1.84. The third kappa shape index (κ3) is 2.12. The second-order valence-corrected chi connectivity index (χ2v) is 5.47. The van der Waals surface area contributed by atoms with Crippen LogP contribution in [-0.2, 0) is 6.54 Å². The number of carbonyl (C=O) groups is 1. The molecule has 6 heteroatoms. The molecule has 0 spiro atoms. The summed E-state index contributed by atoms with van der Waals surface area (Å²) in [5.41, 5.74) is 4.74. The predicted molar refractivity (Wildman–Crippen MR) is 83.3 cm³/mol. The molecule has 1 amide bonds. The molecule has 0 bridgehead atoms. The van der Waals surface area contributed by atoms with Crippen LogP contribution in [0, 0.1) is 0 Å². The highest BCUT2D eigenvalue weighted by atomic mass is 16.2. The molecule has 22 heavy (non-hydrogen) atoms. The van der Waals surface area contributed by atoms with Crippen molar-refractivity contribution in [1.29, 1.82) is 0 Å². The Morgan fingerprint density at radius 2 is 2.05 bits per heavy atom. The Labute approximate surface area is 128 Å². The molecule has 0 unspecified atom stereocenters. The highest BCUT2D eigenvalue weighted by molar-refractivity contribution is 6.01. The van der Waals surface area contributed by atoms with Gasteiger partial charge in [0.15, 0.2) is 0 Å². The van der Waals surface area contributed by atoms with Gasteiger partial charge < -0.3 is 10.6 Å². The maximum absolute atomic E-state index is 12.4. The lowest BCUT2D eigenvalue weighted by Gasteiger charge is -2.18. The van der Waals surface area contributed by atoms with Gasteiger partial charge in [0.05, 0.1) is 6.54 Å². The van der Waals surface area contributed by atoms with Crippen molar-refractivity contribution in [3.63, 3.8) is 0 Å². The number of nitrogens with zero attached hydrogens (tertiary/aromatic N) is 3. The Bertz CT molecular complexity index is 747. The fourth-order valence-electron chi connectivity index (χ4n) is 3.08. The van der Waals surface area contributed by atoms with E-state index >= 15 is 0 Å². The van der Waals surface area contributed by atoms with Crippen LogP contribution in [0.2, 0.25) is 0 Å². The van der Waals surface area contributed by atoms with Crippen LogP contribution in [0.5, 0.6) is 0 Å². The Morgan fingerprint density at radius 1 is 1.18 bits per heavy atom. The van der Waals surface area contributed by atoms with E-state index in [9.17, 15) is 4.79 Å². The summed E-state index contributed by atoms with van der Waals surface area (Å²) in [6, 6.07) is 3.88. The van der Waals surface area contributed by atoms with Crippen LogP contribution in [0.25, 0.3) is 16.8 Å². The van der Waals surface area contributed by atoms with Crippen LogP contribution >= 0.6 is 0 Å². The van der Waals surface area contributed by atoms with Gasteiger partial charge >= 0.3 is 0 Å². The summed E-state index contributed by atoms with van der Waals surface area (Å²) >= 11 is 0. The molecule has 6 nitrogen and oxygen atoms in total. The molecule has 4 rings (SSSR count). The van der Waals surface area contributed by atoms with E-state index in [1.807, 2.05) is 16.8 Å². The lowest BCUT2D eigenvalue weighted by atomic mass is 9.94. The SMILES string of the molecule is O=C1NCCn2nc(-c3ccncc3)c(C3=CCNCC3)c21. The van der Waals surface area contributed by atoms with E-state index in [0.29, 0.717) is 18.8 Å². The third-order valence-corrected chi connectivity index (χ3v) is 4.12. The minimum Gasteiger partial charge on any atom is -0.349 e. The third-order valence-electron chi connectivity index (χ3n) is 4.12. The molecule has 2 aliphatic heterocycles. The zero-order valence-corrected chi connectivity index (χ0v) is 12.2. The Balaban J connectivity index is 1.94. The van der Waals surface area contributed by atoms with Gasteiger partial charge in [-0.1, -0.05) is 6.08 Å². The molecule has 2 N–H and O–H groups in total. The van der Waals surface area contributed by atoms with Gasteiger partial charge in [-0.25, -0.2) is 0 Å². The van der Waals surface area contributed by atoms with E-state index in [1.54, 1.807) is 12.4 Å². The number of carbonyl (C=O) groups excluding carboxylic acids is 1. The highest BCUT2D eigenvalue weighted by Gasteiger charge is 2.29. The Kier molecular flexibility index (Phi) is 3.23. The normalized spacial score (nSPS) is 17.6. The van der Waals surface area contributed by atoms with Gasteiger partial charge in [0.25, 0.3) is 5.91 Å². The molecule has 2 aliphatic rings. The van der Waals surface area contributed by atoms with E-state index in [2.05, 4.69) is 21.7 Å². The van der Waals surface area contributed by atoms with Crippen molar-refractivity contribution >= 4 is 11.5 Å². The van der Waals surface area contributed by atoms with Crippen molar-refractivity contribution in [1.82, 2.24) is 25.4 Å². The van der Waals surface area contributed by atoms with Crippen LogP contribution in [0.4, 0.5) is 0 Å². The number of hydrogen-bond donors (Lipinski definition) is 2. The summed E-state index contributed by atoms with van der Waals surface area (Å²) in [7, 11) is 0. The molecule has 0 saturated carbocycles. The van der Waals surface area contributed by atoms with Crippen molar-refractivity contribution in [2.45, 2.75) is 13.0 Å². The minimum absolute atomic E-state index is 0.0338. The van der Waals surface area contributed by atoms with Crippen molar-refractivity contribution in [3.05, 3.63) is 41.9 Å². The van der Waals surface area contributed by atoms with Crippen LogP contribution in [-0.4, -0.2) is 40.3 Å². The molecule has 112 valence electrons. The van der Waals surface area contributed by atoms with Crippen molar-refractivity contribution in [3.8, 4) is 11.3 Å². The summed E-state index contributed by atoms with van der Waals surface area (Å²) in [6.07, 6.45) is 6.58. The number of nitrogens with one attached hydrogen (secondary N) is 2. The van der Waals surface area contributed by atoms with Gasteiger partial charge in [0.1, 0.15) is 11.4 Å². The first-order valence-electron chi connectivity index (χ1n) is 7.54. The van der Waals surface area contributed by atoms with Gasteiger partial charge in [-0.05, 0) is 30.7 Å². The fraction of sp³-hybridized carbons (Fsp3) is 0.312. The summed E-state index contributed by atoms with van der Waals surface area (Å²) in [6.45, 7) is 3.10. The topological polar surface area (TPSA) is 71.8 Å². The number of fused-ring (bicyclic) bond motifs is 1. The van der Waals surface area contributed by atoms with E-state index in [-0.39, 0.29) is 5.91 Å². The Morgan fingerprint density at radius 3 is 2.82 bits per heavy atom. The van der Waals surface area contributed by atoms with Crippen LogP contribution in [0.15, 0.2) is 30.6 Å². The van der Waals surface area contributed by atoms with Crippen molar-refractivity contribution in [2.24, 2.45) is 0 Å². The lowest BCUT2D eigenvalue weighted by Crippen LogP contribution is -2.36. The molecule has 2 aromatic rings. The summed E-state index contributed by atoms with van der Waals surface area (Å²) in [5.74, 6) is -0.0338. The number of hydrogen-bond acceptors (Lipinski definition) is 4. The van der Waals surface area contributed by atoms with Gasteiger partial charge in [0, 0.05) is 36.6 Å². The zero-order valence-electron chi connectivity index (χ0n) is 12.2. The zero-order chi connectivity index (χ0) is 14.9. The highest BCUT2D eigenvalue weighted by Crippen LogP contribution is 2.34. The minimum atomic E-state index is -0.0338. The quantitative estimate of drug-likeness (QED) is 0.869. The molecule has 0 atom stereocenters. The Hall–Kier alpha value is -2.47. The first kappa shape index (κ1) is 13.2. The smallest absolute Gasteiger partial charge is 0.270 e. The molecule has 2 aromatic heterocycles. The monoisotopic (exact) mass is 295 g/mol. The molecular weight excluding hydrogens is 278 g/mol. The first-order chi connectivity index (χ1) is 10.8. The molecule has 0 saturated heterocycles. The molecule has 0 fully saturated rings. The summed E-state index contributed by atoms with van der Waals surface area (Å²) in [5, 5.41) is 11.0. The van der Waals surface area contributed by atoms with E-state index in [4.69, 9.17) is 5.10 Å². The lowest BCUT2D eigenvalue weighted by molar-refractivity contribution is 0.0924. The maximum Gasteiger partial charge on any atom is 0.270 e. The fourth-order valence-corrected chi connectivity index (χ4v) is 3.08. The van der Waals surface area contributed by atoms with Crippen LogP contribution < -0.4 is 10.6 Å². The molecular formula is C16H17N5O. The van der Waals surface area contributed by atoms with E-state index in [1.165, 1.54) is 5.57 Å². The van der Waals surface area contributed by atoms with E-state index in [0.717, 1.165) is 36.3 Å². The molecule has 0 aliphatic carbocycles. The maximum atomic E-state index is 12.4. The average Bonchev–Trinajstić information content (AvgIpc) is 2.97. The molecule has 4 heterocycles. The second-order valence-electron chi connectivity index (χ2n) is 5.47. The average molecular weight is 295 g/mol. The number of rotatable bonds is 2. The van der Waals surface area contributed by atoms with Crippen LogP contribution in [0.3, 0.4) is 0 Å². The predicted octanol–water partition coefficient (Wildman–Crippen LogP) is 1.07. The number of amides is 1. The van der Waals surface area contributed by atoms with Crippen LogP contribution in [0.1, 0.15) is 22.5 Å². The van der Waals surface area contributed by atoms with Crippen molar-refractivity contribution < 1.29 is 4.79 Å². The van der Waals surface area contributed by atoms with Gasteiger partial charge in [0.2, 0.25) is 0 Å². The van der Waals surface area contributed by atoms with E-state index < -0.39 is 0 Å². The largest absolute Gasteiger partial charge is 0.349 e. The first-order valence-corrected chi connectivity index (χ1v) is 7.54. The molecule has 0 radical (unpaired) electrons. The number of aromatic nitrogens is 3. The standard InChI is InChI=1S/C16H17N5O/c22-16-15-13(11-1-5-17-6-2-11)14(12-3-7-18-8-4-12)20-21(15)10-9-19-16/h1,3-4,7-8,17H,2,5-6,9-10H2,(H,19,22). The second kappa shape index (κ2) is 5.38. The van der Waals surface area contributed by atoms with Gasteiger partial charge in [-0.2, -0.15) is 5.10 Å². The van der Waals surface area contributed by atoms with Gasteiger partial charge in [-0.3, -0.25) is 14.5 Å². The van der Waals surface area contributed by atoms with Gasteiger partial charge in [-0.15, -0.1) is 0 Å². The summed E-state index contributed by atoms with van der Waals surface area (Å²) in [4.78, 5) is 16.4. The number of pyridine rings is 1. The molecule has 0 aromatic carbocycles. The van der Waals surface area contributed by atoms with Crippen molar-refractivity contribution in [2.75, 3.05) is 19.6 Å².